The van der Waals surface area contributed by atoms with Crippen molar-refractivity contribution in [1.82, 2.24) is 0 Å². The minimum Gasteiger partial charge on any atom is -0.446 e. The Morgan fingerprint density at radius 3 is 2.53 bits per heavy atom. The Morgan fingerprint density at radius 1 is 1.20 bits per heavy atom. The quantitative estimate of drug-likeness (QED) is 0.777. The summed E-state index contributed by atoms with van der Waals surface area (Å²) in [4.78, 5) is 12.0. The third-order valence-corrected chi connectivity index (χ3v) is 2.61. The van der Waals surface area contributed by atoms with Crippen LogP contribution in [0, 0.1) is 6.92 Å². The number of ketones is 1. The lowest BCUT2D eigenvalue weighted by atomic mass is 10.0. The molecule has 2 rings (SSSR count). The van der Waals surface area contributed by atoms with E-state index in [1.807, 2.05) is 25.1 Å². The molecule has 1 aromatic carbocycles. The van der Waals surface area contributed by atoms with Crippen molar-refractivity contribution < 1.29 is 9.21 Å². The number of halogens is 1. The van der Waals surface area contributed by atoms with Crippen LogP contribution in [-0.4, -0.2) is 5.78 Å². The second kappa shape index (κ2) is 4.03. The average molecular weight is 265 g/mol. The Bertz CT molecular complexity index is 500. The average Bonchev–Trinajstić information content (AvgIpc) is 2.65. The van der Waals surface area contributed by atoms with Crippen molar-refractivity contribution in [2.45, 2.75) is 6.92 Å². The van der Waals surface area contributed by atoms with Crippen molar-refractivity contribution in [2.75, 3.05) is 0 Å². The van der Waals surface area contributed by atoms with Gasteiger partial charge >= 0.3 is 0 Å². The Labute approximate surface area is 96.0 Å². The van der Waals surface area contributed by atoms with Crippen LogP contribution in [0.1, 0.15) is 21.7 Å². The van der Waals surface area contributed by atoms with Crippen LogP contribution in [0.25, 0.3) is 0 Å². The monoisotopic (exact) mass is 264 g/mol. The summed E-state index contributed by atoms with van der Waals surface area (Å²) in [5.41, 5.74) is 1.63. The normalized spacial score (nSPS) is 10.3. The molecule has 0 unspecified atom stereocenters. The van der Waals surface area contributed by atoms with Gasteiger partial charge in [0.1, 0.15) is 0 Å². The van der Waals surface area contributed by atoms with Crippen molar-refractivity contribution in [3.8, 4) is 0 Å². The molecule has 0 spiro atoms. The summed E-state index contributed by atoms with van der Waals surface area (Å²) < 4.78 is 5.79. The van der Waals surface area contributed by atoms with Gasteiger partial charge in [0.05, 0.1) is 0 Å². The summed E-state index contributed by atoms with van der Waals surface area (Å²) in [6.45, 7) is 1.91. The number of aryl methyl sites for hydroxylation is 1. The van der Waals surface area contributed by atoms with Gasteiger partial charge in [-0.3, -0.25) is 4.79 Å². The van der Waals surface area contributed by atoms with Crippen LogP contribution in [0.2, 0.25) is 0 Å². The molecule has 0 saturated carbocycles. The second-order valence-electron chi connectivity index (χ2n) is 3.25. The van der Waals surface area contributed by atoms with Crippen LogP contribution in [0.5, 0.6) is 0 Å². The maximum Gasteiger partial charge on any atom is 0.228 e. The molecule has 0 saturated heterocycles. The molecule has 0 atom stereocenters. The summed E-state index contributed by atoms with van der Waals surface area (Å²) in [5, 5.41) is 0. The smallest absolute Gasteiger partial charge is 0.228 e. The van der Waals surface area contributed by atoms with Crippen molar-refractivity contribution in [3.05, 3.63) is 58.0 Å². The maximum atomic E-state index is 12.0. The largest absolute Gasteiger partial charge is 0.446 e. The summed E-state index contributed by atoms with van der Waals surface area (Å²) in [5.74, 6) is 0.273. The van der Waals surface area contributed by atoms with E-state index in [9.17, 15) is 4.79 Å². The zero-order valence-electron chi connectivity index (χ0n) is 8.16. The maximum absolute atomic E-state index is 12.0. The van der Waals surface area contributed by atoms with Gasteiger partial charge < -0.3 is 4.42 Å². The van der Waals surface area contributed by atoms with E-state index in [4.69, 9.17) is 4.42 Å². The second-order valence-corrected chi connectivity index (χ2v) is 4.03. The van der Waals surface area contributed by atoms with Crippen LogP contribution < -0.4 is 0 Å². The summed E-state index contributed by atoms with van der Waals surface area (Å²) in [6, 6.07) is 10.8. The number of rotatable bonds is 2. The van der Waals surface area contributed by atoms with E-state index in [1.54, 1.807) is 18.2 Å². The molecule has 76 valence electrons. The highest BCUT2D eigenvalue weighted by Crippen LogP contribution is 2.19. The Hall–Kier alpha value is -1.35. The molecule has 0 fully saturated rings. The van der Waals surface area contributed by atoms with Gasteiger partial charge in [-0.25, -0.2) is 0 Å². The highest BCUT2D eigenvalue weighted by molar-refractivity contribution is 9.10. The molecule has 0 radical (unpaired) electrons. The fraction of sp³-hybridized carbons (Fsp3) is 0.0833. The highest BCUT2D eigenvalue weighted by atomic mass is 79.9. The lowest BCUT2D eigenvalue weighted by Gasteiger charge is -2.01. The zero-order valence-corrected chi connectivity index (χ0v) is 9.74. The van der Waals surface area contributed by atoms with Gasteiger partial charge in [0.15, 0.2) is 10.4 Å². The molecule has 1 aromatic heterocycles. The van der Waals surface area contributed by atoms with Gasteiger partial charge in [-0.1, -0.05) is 24.3 Å². The number of carbonyl (C=O) groups excluding carboxylic acids is 1. The minimum absolute atomic E-state index is 0.0844. The fourth-order valence-corrected chi connectivity index (χ4v) is 1.70. The molecule has 0 aliphatic rings. The number of hydrogen-bond acceptors (Lipinski definition) is 2. The summed E-state index contributed by atoms with van der Waals surface area (Å²) in [7, 11) is 0. The molecular weight excluding hydrogens is 256 g/mol. The first-order chi connectivity index (χ1) is 7.18. The minimum atomic E-state index is -0.0844. The molecule has 0 bridgehead atoms. The van der Waals surface area contributed by atoms with Gasteiger partial charge in [-0.15, -0.1) is 0 Å². The Balaban J connectivity index is 2.41. The topological polar surface area (TPSA) is 30.2 Å². The van der Waals surface area contributed by atoms with E-state index in [2.05, 4.69) is 15.9 Å². The van der Waals surface area contributed by atoms with Gasteiger partial charge in [0, 0.05) is 5.56 Å². The van der Waals surface area contributed by atoms with Crippen molar-refractivity contribution >= 4 is 21.7 Å². The highest BCUT2D eigenvalue weighted by Gasteiger charge is 2.14. The van der Waals surface area contributed by atoms with E-state index in [0.29, 0.717) is 16.0 Å². The number of carbonyl (C=O) groups is 1. The third kappa shape index (κ3) is 2.02. The molecule has 0 aliphatic carbocycles. The summed E-state index contributed by atoms with van der Waals surface area (Å²) >= 11 is 3.17. The van der Waals surface area contributed by atoms with E-state index in [1.165, 1.54) is 0 Å². The van der Waals surface area contributed by atoms with Crippen LogP contribution in [-0.2, 0) is 0 Å². The molecule has 0 N–H and O–H groups in total. The lowest BCUT2D eigenvalue weighted by Crippen LogP contribution is -2.01. The van der Waals surface area contributed by atoms with E-state index in [-0.39, 0.29) is 5.78 Å². The first-order valence-electron chi connectivity index (χ1n) is 4.54. The van der Waals surface area contributed by atoms with Gasteiger partial charge in [-0.2, -0.15) is 0 Å². The van der Waals surface area contributed by atoms with Gasteiger partial charge in [0.25, 0.3) is 0 Å². The van der Waals surface area contributed by atoms with Crippen molar-refractivity contribution in [2.24, 2.45) is 0 Å². The van der Waals surface area contributed by atoms with Crippen LogP contribution in [0.3, 0.4) is 0 Å². The molecule has 2 nitrogen and oxygen atoms in total. The molecule has 0 aliphatic heterocycles. The predicted molar refractivity (Wildman–Crippen MR) is 61.0 cm³/mol. The standard InChI is InChI=1S/C12H9BrO2/c1-8-4-2-3-5-9(8)12(14)10-6-7-11(13)15-10/h2-7H,1H3. The van der Waals surface area contributed by atoms with Gasteiger partial charge in [-0.05, 0) is 40.5 Å². The van der Waals surface area contributed by atoms with Crippen LogP contribution >= 0.6 is 15.9 Å². The number of furan rings is 1. The first kappa shape index (κ1) is 10.2. The molecule has 3 heteroatoms. The number of hydrogen-bond donors (Lipinski definition) is 0. The molecule has 2 aromatic rings. The van der Waals surface area contributed by atoms with Crippen LogP contribution in [0.4, 0.5) is 0 Å². The lowest BCUT2D eigenvalue weighted by molar-refractivity contribution is 0.101. The SMILES string of the molecule is Cc1ccccc1C(=O)c1ccc(Br)o1. The first-order valence-corrected chi connectivity index (χ1v) is 5.33. The molecule has 15 heavy (non-hydrogen) atoms. The zero-order chi connectivity index (χ0) is 10.8. The molecular formula is C12H9BrO2. The predicted octanol–water partition coefficient (Wildman–Crippen LogP) is 3.58. The fourth-order valence-electron chi connectivity index (χ4n) is 1.40. The van der Waals surface area contributed by atoms with E-state index in [0.717, 1.165) is 5.56 Å². The van der Waals surface area contributed by atoms with Crippen molar-refractivity contribution in [1.29, 1.82) is 0 Å². The Morgan fingerprint density at radius 2 is 1.93 bits per heavy atom. The summed E-state index contributed by atoms with van der Waals surface area (Å²) in [6.07, 6.45) is 0. The third-order valence-electron chi connectivity index (χ3n) is 2.19. The van der Waals surface area contributed by atoms with Gasteiger partial charge in [0.2, 0.25) is 5.78 Å². The van der Waals surface area contributed by atoms with Crippen molar-refractivity contribution in [3.63, 3.8) is 0 Å². The van der Waals surface area contributed by atoms with Crippen LogP contribution in [0.15, 0.2) is 45.5 Å². The molecule has 0 amide bonds. The van der Waals surface area contributed by atoms with E-state index >= 15 is 0 Å². The Kier molecular flexibility index (Phi) is 2.73. The molecule has 1 heterocycles. The number of benzene rings is 1. The van der Waals surface area contributed by atoms with E-state index < -0.39 is 0 Å².